The average molecular weight is 352 g/mol. The predicted octanol–water partition coefficient (Wildman–Crippen LogP) is 6.34. The van der Waals surface area contributed by atoms with Crippen molar-refractivity contribution in [1.82, 2.24) is 4.98 Å². The van der Waals surface area contributed by atoms with Crippen molar-refractivity contribution < 1.29 is 4.42 Å². The molecule has 0 aromatic carbocycles. The Kier molecular flexibility index (Phi) is 3.93. The van der Waals surface area contributed by atoms with Crippen LogP contribution in [0.3, 0.4) is 0 Å². The lowest BCUT2D eigenvalue weighted by atomic mass is 9.85. The highest BCUT2D eigenvalue weighted by atomic mass is 32.1. The molecule has 0 spiro atoms. The van der Waals surface area contributed by atoms with Crippen LogP contribution in [-0.4, -0.2) is 4.98 Å². The fraction of sp³-hybridized carbons (Fsp3) is 0.500. The van der Waals surface area contributed by atoms with Crippen molar-refractivity contribution in [2.24, 2.45) is 5.92 Å². The second-order valence-corrected chi connectivity index (χ2v) is 8.92. The van der Waals surface area contributed by atoms with E-state index in [9.17, 15) is 0 Å². The van der Waals surface area contributed by atoms with Crippen molar-refractivity contribution in [3.8, 4) is 11.3 Å². The molecule has 0 unspecified atom stereocenters. The van der Waals surface area contributed by atoms with Gasteiger partial charge in [-0.25, -0.2) is 4.98 Å². The first-order chi connectivity index (χ1) is 12.3. The van der Waals surface area contributed by atoms with Gasteiger partial charge in [-0.2, -0.15) is 0 Å². The van der Waals surface area contributed by atoms with Gasteiger partial charge >= 0.3 is 0 Å². The van der Waals surface area contributed by atoms with Crippen LogP contribution in [0, 0.1) is 5.92 Å². The summed E-state index contributed by atoms with van der Waals surface area (Å²) in [7, 11) is 0. The molecule has 5 rings (SSSR count). The molecular formula is C22H25NOS. The molecule has 2 aliphatic rings. The third kappa shape index (κ3) is 2.64. The van der Waals surface area contributed by atoms with Gasteiger partial charge in [0.15, 0.2) is 0 Å². The van der Waals surface area contributed by atoms with E-state index < -0.39 is 0 Å². The van der Waals surface area contributed by atoms with Crippen LogP contribution in [0.5, 0.6) is 0 Å². The zero-order valence-corrected chi connectivity index (χ0v) is 15.8. The largest absolute Gasteiger partial charge is 0.464 e. The first-order valence-electron chi connectivity index (χ1n) is 9.81. The van der Waals surface area contributed by atoms with E-state index in [-0.39, 0.29) is 0 Å². The fourth-order valence-corrected chi connectivity index (χ4v) is 6.09. The van der Waals surface area contributed by atoms with Gasteiger partial charge in [-0.15, -0.1) is 11.3 Å². The fourth-order valence-electron chi connectivity index (χ4n) is 4.67. The summed E-state index contributed by atoms with van der Waals surface area (Å²) in [5.41, 5.74) is 5.76. The highest BCUT2D eigenvalue weighted by Crippen LogP contribution is 2.44. The van der Waals surface area contributed by atoms with Crippen molar-refractivity contribution in [3.63, 3.8) is 0 Å². The quantitative estimate of drug-likeness (QED) is 0.511. The van der Waals surface area contributed by atoms with E-state index in [2.05, 4.69) is 13.0 Å². The Bertz CT molecular complexity index is 906. The Morgan fingerprint density at radius 3 is 2.80 bits per heavy atom. The van der Waals surface area contributed by atoms with Gasteiger partial charge in [-0.3, -0.25) is 0 Å². The molecule has 3 heteroatoms. The van der Waals surface area contributed by atoms with Gasteiger partial charge < -0.3 is 4.42 Å². The topological polar surface area (TPSA) is 26.0 Å². The van der Waals surface area contributed by atoms with E-state index in [0.717, 1.165) is 24.5 Å². The maximum Gasteiger partial charge on any atom is 0.134 e. The first kappa shape index (κ1) is 15.6. The molecule has 3 aromatic rings. The third-order valence-corrected chi connectivity index (χ3v) is 7.14. The van der Waals surface area contributed by atoms with E-state index >= 15 is 0 Å². The maximum absolute atomic E-state index is 5.92. The summed E-state index contributed by atoms with van der Waals surface area (Å²) in [6, 6.07) is 4.17. The molecule has 1 atom stereocenters. The SMILES string of the molecule is C[C@H]1CCc2c(sc3nc4c(c(-c5ccco5)c23)CCCCCC4)C1. The Hall–Kier alpha value is -1.61. The molecule has 0 saturated carbocycles. The first-order valence-corrected chi connectivity index (χ1v) is 10.6. The van der Waals surface area contributed by atoms with Crippen molar-refractivity contribution in [3.05, 3.63) is 40.1 Å². The molecule has 130 valence electrons. The third-order valence-electron chi connectivity index (χ3n) is 5.99. The van der Waals surface area contributed by atoms with Crippen LogP contribution in [0.2, 0.25) is 0 Å². The number of hydrogen-bond acceptors (Lipinski definition) is 3. The molecule has 0 saturated heterocycles. The summed E-state index contributed by atoms with van der Waals surface area (Å²) >= 11 is 1.95. The summed E-state index contributed by atoms with van der Waals surface area (Å²) in [6.45, 7) is 2.38. The van der Waals surface area contributed by atoms with Gasteiger partial charge in [-0.05, 0) is 74.1 Å². The molecule has 3 heterocycles. The standard InChI is InChI=1S/C22H25NOS/c1-14-10-11-16-19(13-14)25-22-21(16)20(18-9-6-12-24-18)15-7-4-2-3-5-8-17(15)23-22/h6,9,12,14H,2-5,7-8,10-11,13H2,1H3/t14-/m0/s1. The average Bonchev–Trinajstić information content (AvgIpc) is 3.21. The Balaban J connectivity index is 1.82. The monoisotopic (exact) mass is 351 g/mol. The number of rotatable bonds is 1. The van der Waals surface area contributed by atoms with Crippen LogP contribution in [0.4, 0.5) is 0 Å². The van der Waals surface area contributed by atoms with Gasteiger partial charge in [0.1, 0.15) is 10.6 Å². The summed E-state index contributed by atoms with van der Waals surface area (Å²) < 4.78 is 5.92. The lowest BCUT2D eigenvalue weighted by Gasteiger charge is -2.20. The number of fused-ring (bicyclic) bond motifs is 4. The number of aryl methyl sites for hydroxylation is 2. The van der Waals surface area contributed by atoms with Crippen LogP contribution in [0.25, 0.3) is 21.5 Å². The van der Waals surface area contributed by atoms with Crippen LogP contribution < -0.4 is 0 Å². The minimum absolute atomic E-state index is 0.800. The van der Waals surface area contributed by atoms with E-state index in [0.29, 0.717) is 0 Å². The molecule has 0 aliphatic heterocycles. The number of aromatic nitrogens is 1. The number of pyridine rings is 1. The molecule has 0 bridgehead atoms. The summed E-state index contributed by atoms with van der Waals surface area (Å²) in [5.74, 6) is 1.84. The van der Waals surface area contributed by atoms with E-state index in [1.807, 2.05) is 23.7 Å². The minimum atomic E-state index is 0.800. The van der Waals surface area contributed by atoms with Crippen LogP contribution >= 0.6 is 11.3 Å². The lowest BCUT2D eigenvalue weighted by molar-refractivity contribution is 0.509. The molecule has 2 aliphatic carbocycles. The summed E-state index contributed by atoms with van der Waals surface area (Å²) in [5, 5.41) is 1.42. The van der Waals surface area contributed by atoms with E-state index in [4.69, 9.17) is 9.40 Å². The van der Waals surface area contributed by atoms with Crippen LogP contribution in [-0.2, 0) is 25.7 Å². The normalized spacial score (nSPS) is 20.8. The van der Waals surface area contributed by atoms with E-state index in [1.54, 1.807) is 10.4 Å². The molecule has 0 fully saturated rings. The molecule has 0 N–H and O–H groups in total. The highest BCUT2D eigenvalue weighted by Gasteiger charge is 2.27. The zero-order valence-electron chi connectivity index (χ0n) is 14.9. The number of thiophene rings is 1. The summed E-state index contributed by atoms with van der Waals surface area (Å²) in [4.78, 5) is 8.03. The highest BCUT2D eigenvalue weighted by molar-refractivity contribution is 7.19. The predicted molar refractivity (Wildman–Crippen MR) is 104 cm³/mol. The lowest BCUT2D eigenvalue weighted by Crippen LogP contribution is -2.09. The molecule has 0 amide bonds. The van der Waals surface area contributed by atoms with Gasteiger partial charge in [0.2, 0.25) is 0 Å². The smallest absolute Gasteiger partial charge is 0.134 e. The van der Waals surface area contributed by atoms with E-state index in [1.165, 1.54) is 72.0 Å². The van der Waals surface area contributed by atoms with Crippen molar-refractivity contribution >= 4 is 21.6 Å². The van der Waals surface area contributed by atoms with Crippen LogP contribution in [0.1, 0.15) is 60.7 Å². The van der Waals surface area contributed by atoms with Crippen molar-refractivity contribution in [2.75, 3.05) is 0 Å². The molecule has 2 nitrogen and oxygen atoms in total. The number of nitrogens with zero attached hydrogens (tertiary/aromatic N) is 1. The van der Waals surface area contributed by atoms with Gasteiger partial charge in [0.25, 0.3) is 0 Å². The van der Waals surface area contributed by atoms with Crippen molar-refractivity contribution in [2.45, 2.75) is 64.7 Å². The molecular weight excluding hydrogens is 326 g/mol. The second kappa shape index (κ2) is 6.28. The Morgan fingerprint density at radius 2 is 1.96 bits per heavy atom. The minimum Gasteiger partial charge on any atom is -0.464 e. The Labute approximate surface area is 153 Å². The van der Waals surface area contributed by atoms with Crippen LogP contribution in [0.15, 0.2) is 22.8 Å². The zero-order chi connectivity index (χ0) is 16.8. The molecule has 25 heavy (non-hydrogen) atoms. The van der Waals surface area contributed by atoms with Crippen molar-refractivity contribution in [1.29, 1.82) is 0 Å². The van der Waals surface area contributed by atoms with Gasteiger partial charge in [0, 0.05) is 21.5 Å². The summed E-state index contributed by atoms with van der Waals surface area (Å²) in [6.07, 6.45) is 13.0. The van der Waals surface area contributed by atoms with Gasteiger partial charge in [0.05, 0.1) is 6.26 Å². The van der Waals surface area contributed by atoms with Gasteiger partial charge in [-0.1, -0.05) is 19.8 Å². The second-order valence-electron chi connectivity index (χ2n) is 7.84. The number of furan rings is 1. The Morgan fingerprint density at radius 1 is 1.08 bits per heavy atom. The molecule has 3 aromatic heterocycles. The molecule has 0 radical (unpaired) electrons. The maximum atomic E-state index is 5.92. The number of hydrogen-bond donors (Lipinski definition) is 0.